The van der Waals surface area contributed by atoms with Crippen molar-refractivity contribution in [3.8, 4) is 5.75 Å². The van der Waals surface area contributed by atoms with E-state index in [2.05, 4.69) is 13.2 Å². The van der Waals surface area contributed by atoms with Crippen molar-refractivity contribution in [2.45, 2.75) is 34.2 Å². The Morgan fingerprint density at radius 2 is 1.90 bits per heavy atom. The van der Waals surface area contributed by atoms with E-state index in [0.717, 1.165) is 10.6 Å². The van der Waals surface area contributed by atoms with Gasteiger partial charge in [-0.05, 0) is 37.1 Å². The second-order valence-corrected chi connectivity index (χ2v) is 6.05. The first kappa shape index (κ1) is 16.6. The second-order valence-electron chi connectivity index (χ2n) is 5.64. The fourth-order valence-electron chi connectivity index (χ4n) is 1.65. The molecule has 0 unspecified atom stereocenters. The number of hydrogen-bond donors (Lipinski definition) is 2. The number of hydroxylamine groups is 2. The minimum atomic E-state index is -0.423. The molecule has 1 aromatic rings. The van der Waals surface area contributed by atoms with E-state index in [1.165, 1.54) is 0 Å². The van der Waals surface area contributed by atoms with Gasteiger partial charge in [-0.3, -0.25) is 10.3 Å². The summed E-state index contributed by atoms with van der Waals surface area (Å²) in [7, 11) is 0. The van der Waals surface area contributed by atoms with Crippen LogP contribution in [0.25, 0.3) is 0 Å². The van der Waals surface area contributed by atoms with Gasteiger partial charge in [-0.25, -0.2) is 0 Å². The summed E-state index contributed by atoms with van der Waals surface area (Å²) in [5.74, 6) is 0.155. The van der Waals surface area contributed by atoms with Crippen LogP contribution in [0.4, 0.5) is 0 Å². The molecule has 0 saturated carbocycles. The maximum Gasteiger partial charge on any atom is 0.118 e. The maximum atomic E-state index is 10.2. The molecule has 0 fully saturated rings. The molecule has 0 aliphatic rings. The number of phenols is 1. The number of allylic oxidation sites excluding steroid dienone is 1. The normalized spacial score (nSPS) is 11.3. The van der Waals surface area contributed by atoms with Gasteiger partial charge in [0, 0.05) is 16.1 Å². The molecule has 4 heteroatoms. The lowest BCUT2D eigenvalue weighted by Crippen LogP contribution is -2.29. The quantitative estimate of drug-likeness (QED) is 0.613. The molecule has 110 valence electrons. The van der Waals surface area contributed by atoms with Gasteiger partial charge in [-0.1, -0.05) is 44.2 Å². The van der Waals surface area contributed by atoms with Crippen molar-refractivity contribution in [1.82, 2.24) is 5.06 Å². The van der Waals surface area contributed by atoms with E-state index in [0.29, 0.717) is 21.8 Å². The van der Waals surface area contributed by atoms with Crippen LogP contribution in [-0.4, -0.2) is 15.4 Å². The third kappa shape index (κ3) is 3.35. The van der Waals surface area contributed by atoms with E-state index in [-0.39, 0.29) is 12.3 Å². The first-order chi connectivity index (χ1) is 9.07. The largest absolute Gasteiger partial charge is 0.508 e. The highest BCUT2D eigenvalue weighted by Crippen LogP contribution is 2.35. The zero-order valence-corrected chi connectivity index (χ0v) is 13.3. The highest BCUT2D eigenvalue weighted by atomic mass is 35.5. The molecular formula is C16H22ClNO2. The average molecular weight is 296 g/mol. The van der Waals surface area contributed by atoms with Gasteiger partial charge in [0.2, 0.25) is 0 Å². The van der Waals surface area contributed by atoms with Crippen LogP contribution in [0.15, 0.2) is 36.6 Å². The Balaban J connectivity index is 2.97. The third-order valence-corrected chi connectivity index (χ3v) is 4.14. The number of nitrogens with zero attached hydrogens (tertiary/aromatic N) is 1. The van der Waals surface area contributed by atoms with Gasteiger partial charge in [0.05, 0.1) is 6.54 Å². The number of aryl methyl sites for hydroxylation is 1. The van der Waals surface area contributed by atoms with Gasteiger partial charge in [0.15, 0.2) is 0 Å². The summed E-state index contributed by atoms with van der Waals surface area (Å²) >= 11 is 6.13. The van der Waals surface area contributed by atoms with Crippen molar-refractivity contribution in [3.05, 3.63) is 52.7 Å². The Morgan fingerprint density at radius 1 is 1.35 bits per heavy atom. The van der Waals surface area contributed by atoms with E-state index in [4.69, 9.17) is 11.6 Å². The summed E-state index contributed by atoms with van der Waals surface area (Å²) in [6.07, 6.45) is 0. The van der Waals surface area contributed by atoms with Crippen LogP contribution in [0.1, 0.15) is 31.9 Å². The summed E-state index contributed by atoms with van der Waals surface area (Å²) in [5, 5.41) is 21.5. The lowest BCUT2D eigenvalue weighted by Gasteiger charge is -2.33. The second kappa shape index (κ2) is 5.90. The highest BCUT2D eigenvalue weighted by molar-refractivity contribution is 6.31. The maximum absolute atomic E-state index is 10.2. The van der Waals surface area contributed by atoms with Crippen LogP contribution >= 0.6 is 11.6 Å². The van der Waals surface area contributed by atoms with Crippen molar-refractivity contribution < 1.29 is 10.3 Å². The molecule has 0 amide bonds. The van der Waals surface area contributed by atoms with Crippen molar-refractivity contribution in [1.29, 1.82) is 0 Å². The smallest absolute Gasteiger partial charge is 0.118 e. The monoisotopic (exact) mass is 295 g/mol. The van der Waals surface area contributed by atoms with Gasteiger partial charge in [-0.15, -0.1) is 0 Å². The van der Waals surface area contributed by atoms with E-state index in [1.807, 2.05) is 20.8 Å². The van der Waals surface area contributed by atoms with Crippen molar-refractivity contribution >= 4 is 11.6 Å². The van der Waals surface area contributed by atoms with Gasteiger partial charge in [0.25, 0.3) is 0 Å². The lowest BCUT2D eigenvalue weighted by atomic mass is 9.83. The Labute approximate surface area is 125 Å². The highest BCUT2D eigenvalue weighted by Gasteiger charge is 2.27. The van der Waals surface area contributed by atoms with E-state index in [1.54, 1.807) is 19.1 Å². The summed E-state index contributed by atoms with van der Waals surface area (Å²) in [4.78, 5) is 0. The minimum absolute atomic E-state index is 0.155. The predicted octanol–water partition coefficient (Wildman–Crippen LogP) is 4.66. The molecule has 0 aliphatic carbocycles. The molecule has 0 bridgehead atoms. The molecule has 0 radical (unpaired) electrons. The number of hydrogen-bond acceptors (Lipinski definition) is 3. The van der Waals surface area contributed by atoms with E-state index >= 15 is 0 Å². The van der Waals surface area contributed by atoms with Crippen molar-refractivity contribution in [2.24, 2.45) is 5.41 Å². The summed E-state index contributed by atoms with van der Waals surface area (Å²) in [6, 6.07) is 3.23. The number of halogens is 1. The topological polar surface area (TPSA) is 43.7 Å². The molecule has 0 atom stereocenters. The van der Waals surface area contributed by atoms with Crippen LogP contribution in [0.5, 0.6) is 5.75 Å². The van der Waals surface area contributed by atoms with Crippen molar-refractivity contribution in [2.75, 3.05) is 0 Å². The average Bonchev–Trinajstić information content (AvgIpc) is 2.34. The third-order valence-electron chi connectivity index (χ3n) is 3.79. The molecule has 2 N–H and O–H groups in total. The molecule has 1 aromatic carbocycles. The first-order valence-corrected chi connectivity index (χ1v) is 6.75. The van der Waals surface area contributed by atoms with Gasteiger partial charge < -0.3 is 5.11 Å². The van der Waals surface area contributed by atoms with Gasteiger partial charge in [0.1, 0.15) is 5.75 Å². The van der Waals surface area contributed by atoms with Crippen LogP contribution in [-0.2, 0) is 6.54 Å². The SMILES string of the molecule is C=C(C)C(C)(C)C(=C)N(O)Cc1cc(O)c(C)cc1Cl. The van der Waals surface area contributed by atoms with Crippen LogP contribution < -0.4 is 0 Å². The fraction of sp³-hybridized carbons (Fsp3) is 0.375. The number of rotatable bonds is 5. The first-order valence-electron chi connectivity index (χ1n) is 6.37. The molecular weight excluding hydrogens is 274 g/mol. The molecule has 20 heavy (non-hydrogen) atoms. The van der Waals surface area contributed by atoms with E-state index in [9.17, 15) is 10.3 Å². The number of benzene rings is 1. The zero-order chi connectivity index (χ0) is 15.7. The van der Waals surface area contributed by atoms with Gasteiger partial charge in [-0.2, -0.15) is 0 Å². The molecule has 1 rings (SSSR count). The van der Waals surface area contributed by atoms with Gasteiger partial charge >= 0.3 is 0 Å². The molecule has 0 heterocycles. The zero-order valence-electron chi connectivity index (χ0n) is 12.5. The Kier molecular flexibility index (Phi) is 4.90. The fourth-order valence-corrected chi connectivity index (χ4v) is 1.93. The van der Waals surface area contributed by atoms with Crippen LogP contribution in [0, 0.1) is 12.3 Å². The molecule has 0 aliphatic heterocycles. The van der Waals surface area contributed by atoms with Crippen LogP contribution in [0.2, 0.25) is 5.02 Å². The van der Waals surface area contributed by atoms with E-state index < -0.39 is 5.41 Å². The number of phenolic OH excluding ortho intramolecular Hbond substituents is 1. The number of aromatic hydroxyl groups is 1. The summed E-state index contributed by atoms with van der Waals surface area (Å²) in [5.41, 5.74) is 2.34. The van der Waals surface area contributed by atoms with Crippen molar-refractivity contribution in [3.63, 3.8) is 0 Å². The molecule has 0 spiro atoms. The lowest BCUT2D eigenvalue weighted by molar-refractivity contribution is -0.0775. The standard InChI is InChI=1S/C16H22ClNO2/c1-10(2)16(5,6)12(4)18(20)9-13-8-15(19)11(3)7-14(13)17/h7-8,19-20H,1,4,9H2,2-3,5-6H3. The Morgan fingerprint density at radius 3 is 2.40 bits per heavy atom. The molecule has 0 saturated heterocycles. The molecule has 0 aromatic heterocycles. The Hall–Kier alpha value is -1.45. The summed E-state index contributed by atoms with van der Waals surface area (Å²) < 4.78 is 0. The minimum Gasteiger partial charge on any atom is -0.508 e. The van der Waals surface area contributed by atoms with Crippen LogP contribution in [0.3, 0.4) is 0 Å². The predicted molar refractivity (Wildman–Crippen MR) is 82.9 cm³/mol. The Bertz CT molecular complexity index is 550. The summed E-state index contributed by atoms with van der Waals surface area (Å²) in [6.45, 7) is 15.5. The molecule has 3 nitrogen and oxygen atoms in total.